The fourth-order valence-corrected chi connectivity index (χ4v) is 2.31. The van der Waals surface area contributed by atoms with E-state index < -0.39 is 0 Å². The molecule has 0 aliphatic carbocycles. The number of anilines is 1. The summed E-state index contributed by atoms with van der Waals surface area (Å²) < 4.78 is 0. The van der Waals surface area contributed by atoms with Crippen LogP contribution in [-0.4, -0.2) is 27.2 Å². The molecule has 0 fully saturated rings. The van der Waals surface area contributed by atoms with E-state index in [1.165, 1.54) is 0 Å². The zero-order valence-corrected chi connectivity index (χ0v) is 13.2. The monoisotopic (exact) mass is 308 g/mol. The van der Waals surface area contributed by atoms with Gasteiger partial charge in [-0.1, -0.05) is 24.3 Å². The quantitative estimate of drug-likeness (QED) is 0.689. The third kappa shape index (κ3) is 3.40. The highest BCUT2D eigenvalue weighted by Gasteiger charge is 2.15. The number of para-hydroxylation sites is 2. The van der Waals surface area contributed by atoms with Crippen molar-refractivity contribution in [1.82, 2.24) is 9.97 Å². The number of aromatic hydroxyl groups is 1. The van der Waals surface area contributed by atoms with Crippen LogP contribution in [0.1, 0.15) is 13.8 Å². The van der Waals surface area contributed by atoms with E-state index in [0.717, 1.165) is 10.9 Å². The average molecular weight is 308 g/mol. The molecule has 5 heteroatoms. The second kappa shape index (κ2) is 5.85. The maximum absolute atomic E-state index is 10.1. The van der Waals surface area contributed by atoms with E-state index >= 15 is 0 Å². The van der Waals surface area contributed by atoms with Gasteiger partial charge in [0, 0.05) is 17.5 Å². The molecule has 0 unspecified atom stereocenters. The Kier molecular flexibility index (Phi) is 3.88. The first-order valence-corrected chi connectivity index (χ1v) is 7.52. The van der Waals surface area contributed by atoms with Gasteiger partial charge in [-0.2, -0.15) is 0 Å². The summed E-state index contributed by atoms with van der Waals surface area (Å²) in [6.45, 7) is 4.48. The van der Waals surface area contributed by atoms with E-state index in [1.807, 2.05) is 44.2 Å². The number of aromatic nitrogens is 2. The lowest BCUT2D eigenvalue weighted by atomic mass is 10.1. The predicted octanol–water partition coefficient (Wildman–Crippen LogP) is 3.15. The molecule has 0 aliphatic heterocycles. The van der Waals surface area contributed by atoms with E-state index in [4.69, 9.17) is 5.73 Å². The lowest BCUT2D eigenvalue weighted by molar-refractivity contribution is 0.477. The number of phenols is 1. The number of hydrogen-bond acceptors (Lipinski definition) is 5. The van der Waals surface area contributed by atoms with Gasteiger partial charge in [0.05, 0.1) is 11.1 Å². The molecule has 3 aromatic rings. The van der Waals surface area contributed by atoms with Gasteiger partial charge in [0.15, 0.2) is 5.82 Å². The van der Waals surface area contributed by atoms with Crippen molar-refractivity contribution in [2.75, 3.05) is 11.9 Å². The topological polar surface area (TPSA) is 84.1 Å². The number of nitrogens with one attached hydrogen (secondary N) is 1. The smallest absolute Gasteiger partial charge is 0.165 e. The number of fused-ring (bicyclic) bond motifs is 1. The van der Waals surface area contributed by atoms with Crippen LogP contribution in [0.25, 0.3) is 22.3 Å². The van der Waals surface area contributed by atoms with E-state index in [-0.39, 0.29) is 11.3 Å². The molecule has 4 N–H and O–H groups in total. The SMILES string of the molecule is CC(C)(N)CNc1nc(-c2ccccc2O)nc2ccccc12. The number of rotatable bonds is 4. The minimum atomic E-state index is -0.360. The maximum atomic E-state index is 10.1. The molecule has 0 spiro atoms. The number of benzene rings is 2. The van der Waals surface area contributed by atoms with Crippen LogP contribution in [0.15, 0.2) is 48.5 Å². The van der Waals surface area contributed by atoms with Gasteiger partial charge >= 0.3 is 0 Å². The highest BCUT2D eigenvalue weighted by molar-refractivity contribution is 5.90. The highest BCUT2D eigenvalue weighted by atomic mass is 16.3. The summed E-state index contributed by atoms with van der Waals surface area (Å²) in [6, 6.07) is 14.8. The lowest BCUT2D eigenvalue weighted by Gasteiger charge is -2.20. The Balaban J connectivity index is 2.12. The van der Waals surface area contributed by atoms with Gasteiger partial charge < -0.3 is 16.2 Å². The van der Waals surface area contributed by atoms with Crippen molar-refractivity contribution < 1.29 is 5.11 Å². The molecule has 1 aromatic heterocycles. The van der Waals surface area contributed by atoms with Gasteiger partial charge in [-0.05, 0) is 38.1 Å². The summed E-state index contributed by atoms with van der Waals surface area (Å²) in [5.41, 5.74) is 7.12. The van der Waals surface area contributed by atoms with Crippen LogP contribution in [0.5, 0.6) is 5.75 Å². The van der Waals surface area contributed by atoms with Crippen LogP contribution < -0.4 is 11.1 Å². The standard InChI is InChI=1S/C18H20N4O/c1-18(2,19)11-20-16-12-7-3-5-9-14(12)21-17(22-16)13-8-4-6-10-15(13)23/h3-10,23H,11,19H2,1-2H3,(H,20,21,22). The molecule has 0 amide bonds. The molecular formula is C18H20N4O. The zero-order chi connectivity index (χ0) is 16.4. The van der Waals surface area contributed by atoms with E-state index in [0.29, 0.717) is 23.8 Å². The molecule has 23 heavy (non-hydrogen) atoms. The Hall–Kier alpha value is -2.66. The molecule has 1 heterocycles. The molecule has 0 aliphatic rings. The van der Waals surface area contributed by atoms with E-state index in [9.17, 15) is 5.11 Å². The first kappa shape index (κ1) is 15.2. The number of phenolic OH excluding ortho intramolecular Hbond substituents is 1. The minimum Gasteiger partial charge on any atom is -0.507 e. The van der Waals surface area contributed by atoms with Crippen LogP contribution in [0.2, 0.25) is 0 Å². The number of nitrogens with zero attached hydrogens (tertiary/aromatic N) is 2. The van der Waals surface area contributed by atoms with Gasteiger partial charge in [-0.15, -0.1) is 0 Å². The molecule has 0 saturated heterocycles. The van der Waals surface area contributed by atoms with Crippen molar-refractivity contribution in [2.45, 2.75) is 19.4 Å². The lowest BCUT2D eigenvalue weighted by Crippen LogP contribution is -2.39. The normalized spacial score (nSPS) is 11.6. The zero-order valence-electron chi connectivity index (χ0n) is 13.2. The molecule has 0 atom stereocenters. The molecule has 5 nitrogen and oxygen atoms in total. The first-order valence-electron chi connectivity index (χ1n) is 7.52. The van der Waals surface area contributed by atoms with Crippen LogP contribution in [0.3, 0.4) is 0 Å². The molecule has 3 rings (SSSR count). The highest BCUT2D eigenvalue weighted by Crippen LogP contribution is 2.29. The summed E-state index contributed by atoms with van der Waals surface area (Å²) in [5.74, 6) is 1.36. The van der Waals surface area contributed by atoms with Crippen molar-refractivity contribution >= 4 is 16.7 Å². The van der Waals surface area contributed by atoms with Crippen molar-refractivity contribution in [3.63, 3.8) is 0 Å². The average Bonchev–Trinajstić information content (AvgIpc) is 2.52. The third-order valence-electron chi connectivity index (χ3n) is 3.46. The van der Waals surface area contributed by atoms with Gasteiger partial charge in [-0.3, -0.25) is 0 Å². The van der Waals surface area contributed by atoms with Crippen LogP contribution in [0.4, 0.5) is 5.82 Å². The summed E-state index contributed by atoms with van der Waals surface area (Å²) in [6.07, 6.45) is 0. The van der Waals surface area contributed by atoms with Gasteiger partial charge in [-0.25, -0.2) is 9.97 Å². The number of hydrogen-bond donors (Lipinski definition) is 3. The van der Waals surface area contributed by atoms with Gasteiger partial charge in [0.2, 0.25) is 0 Å². The Morgan fingerprint density at radius 2 is 1.74 bits per heavy atom. The Morgan fingerprint density at radius 1 is 1.04 bits per heavy atom. The predicted molar refractivity (Wildman–Crippen MR) is 93.4 cm³/mol. The molecule has 0 radical (unpaired) electrons. The Labute approximate surface area is 135 Å². The fourth-order valence-electron chi connectivity index (χ4n) is 2.31. The molecular weight excluding hydrogens is 288 g/mol. The second-order valence-corrected chi connectivity index (χ2v) is 6.27. The summed E-state index contributed by atoms with van der Waals surface area (Å²) in [7, 11) is 0. The summed E-state index contributed by atoms with van der Waals surface area (Å²) in [4.78, 5) is 9.17. The van der Waals surface area contributed by atoms with Crippen molar-refractivity contribution in [1.29, 1.82) is 0 Å². The molecule has 0 bridgehead atoms. The fraction of sp³-hybridized carbons (Fsp3) is 0.222. The van der Waals surface area contributed by atoms with Gasteiger partial charge in [0.1, 0.15) is 11.6 Å². The van der Waals surface area contributed by atoms with Crippen molar-refractivity contribution in [3.8, 4) is 17.1 Å². The summed E-state index contributed by atoms with van der Waals surface area (Å²) >= 11 is 0. The molecule has 0 saturated carbocycles. The van der Waals surface area contributed by atoms with Gasteiger partial charge in [0.25, 0.3) is 0 Å². The van der Waals surface area contributed by atoms with Crippen LogP contribution >= 0.6 is 0 Å². The Bertz CT molecular complexity index is 840. The number of nitrogens with two attached hydrogens (primary N) is 1. The van der Waals surface area contributed by atoms with Crippen molar-refractivity contribution in [3.05, 3.63) is 48.5 Å². The van der Waals surface area contributed by atoms with Crippen molar-refractivity contribution in [2.24, 2.45) is 5.73 Å². The Morgan fingerprint density at radius 3 is 2.48 bits per heavy atom. The van der Waals surface area contributed by atoms with Crippen LogP contribution in [0, 0.1) is 0 Å². The molecule has 118 valence electrons. The van der Waals surface area contributed by atoms with E-state index in [2.05, 4.69) is 15.3 Å². The summed E-state index contributed by atoms with van der Waals surface area (Å²) in [5, 5.41) is 14.3. The maximum Gasteiger partial charge on any atom is 0.165 e. The third-order valence-corrected chi connectivity index (χ3v) is 3.46. The first-order chi connectivity index (χ1) is 10.9. The van der Waals surface area contributed by atoms with E-state index in [1.54, 1.807) is 18.2 Å². The minimum absolute atomic E-state index is 0.160. The second-order valence-electron chi connectivity index (χ2n) is 6.27. The van der Waals surface area contributed by atoms with Crippen LogP contribution in [-0.2, 0) is 0 Å². The molecule has 2 aromatic carbocycles. The largest absolute Gasteiger partial charge is 0.507 e.